The van der Waals surface area contributed by atoms with Crippen LogP contribution in [0.3, 0.4) is 0 Å². The lowest BCUT2D eigenvalue weighted by Gasteiger charge is -2.19. The van der Waals surface area contributed by atoms with Gasteiger partial charge in [-0.1, -0.05) is 19.8 Å². The Bertz CT molecular complexity index is 259. The molecule has 94 valence electrons. The second-order valence-electron chi connectivity index (χ2n) is 4.71. The number of esters is 1. The Labute approximate surface area is 100 Å². The summed E-state index contributed by atoms with van der Waals surface area (Å²) in [7, 11) is 0.473. The SMILES string of the molecule is COC(=O)C(C)C(C)S(=O)CC1CCCC1. The number of carbonyl (C=O) groups is 1. The Morgan fingerprint density at radius 3 is 2.44 bits per heavy atom. The first kappa shape index (κ1) is 13.7. The summed E-state index contributed by atoms with van der Waals surface area (Å²) in [4.78, 5) is 11.3. The second kappa shape index (κ2) is 6.38. The summed E-state index contributed by atoms with van der Waals surface area (Å²) >= 11 is 0. The van der Waals surface area contributed by atoms with Gasteiger partial charge in [0.05, 0.1) is 13.0 Å². The minimum absolute atomic E-state index is 0.104. The van der Waals surface area contributed by atoms with Crippen LogP contribution in [0.2, 0.25) is 0 Å². The molecule has 3 unspecified atom stereocenters. The number of ether oxygens (including phenoxy) is 1. The molecule has 0 aliphatic heterocycles. The lowest BCUT2D eigenvalue weighted by Crippen LogP contribution is -2.30. The van der Waals surface area contributed by atoms with Gasteiger partial charge in [-0.25, -0.2) is 0 Å². The highest BCUT2D eigenvalue weighted by Gasteiger charge is 2.28. The monoisotopic (exact) mass is 246 g/mol. The number of carbonyl (C=O) groups excluding carboxylic acids is 1. The van der Waals surface area contributed by atoms with Crippen molar-refractivity contribution in [2.24, 2.45) is 11.8 Å². The van der Waals surface area contributed by atoms with Crippen molar-refractivity contribution in [3.05, 3.63) is 0 Å². The highest BCUT2D eigenvalue weighted by Crippen LogP contribution is 2.26. The van der Waals surface area contributed by atoms with E-state index in [2.05, 4.69) is 4.74 Å². The van der Waals surface area contributed by atoms with Gasteiger partial charge in [-0.15, -0.1) is 0 Å². The Hall–Kier alpha value is -0.380. The molecule has 0 aromatic heterocycles. The average molecular weight is 246 g/mol. The predicted octanol–water partition coefficient (Wildman–Crippen LogP) is 2.12. The van der Waals surface area contributed by atoms with Crippen molar-refractivity contribution >= 4 is 16.8 Å². The van der Waals surface area contributed by atoms with Gasteiger partial charge in [0.1, 0.15) is 0 Å². The van der Waals surface area contributed by atoms with Crippen LogP contribution in [0.1, 0.15) is 39.5 Å². The number of methoxy groups -OCH3 is 1. The zero-order valence-corrected chi connectivity index (χ0v) is 11.2. The highest BCUT2D eigenvalue weighted by molar-refractivity contribution is 7.85. The van der Waals surface area contributed by atoms with E-state index in [0.717, 1.165) is 5.75 Å². The van der Waals surface area contributed by atoms with Gasteiger partial charge in [0.2, 0.25) is 0 Å². The molecular formula is C12H22O3S. The fourth-order valence-corrected chi connectivity index (χ4v) is 3.83. The molecule has 4 heteroatoms. The van der Waals surface area contributed by atoms with E-state index in [1.807, 2.05) is 6.92 Å². The predicted molar refractivity (Wildman–Crippen MR) is 65.6 cm³/mol. The summed E-state index contributed by atoms with van der Waals surface area (Å²) in [6, 6.07) is 0. The number of rotatable bonds is 5. The average Bonchev–Trinajstić information content (AvgIpc) is 2.78. The molecule has 16 heavy (non-hydrogen) atoms. The van der Waals surface area contributed by atoms with E-state index in [-0.39, 0.29) is 17.1 Å². The maximum absolute atomic E-state index is 12.1. The van der Waals surface area contributed by atoms with Gasteiger partial charge in [0.15, 0.2) is 0 Å². The van der Waals surface area contributed by atoms with Crippen molar-refractivity contribution in [3.8, 4) is 0 Å². The molecule has 1 aliphatic rings. The molecule has 3 atom stereocenters. The van der Waals surface area contributed by atoms with Crippen molar-refractivity contribution in [3.63, 3.8) is 0 Å². The molecule has 0 bridgehead atoms. The highest BCUT2D eigenvalue weighted by atomic mass is 32.2. The smallest absolute Gasteiger partial charge is 0.309 e. The summed E-state index contributed by atoms with van der Waals surface area (Å²) in [5.41, 5.74) is 0. The van der Waals surface area contributed by atoms with Crippen LogP contribution < -0.4 is 0 Å². The quantitative estimate of drug-likeness (QED) is 0.698. The zero-order chi connectivity index (χ0) is 12.1. The molecule has 0 spiro atoms. The Morgan fingerprint density at radius 1 is 1.38 bits per heavy atom. The van der Waals surface area contributed by atoms with Gasteiger partial charge >= 0.3 is 5.97 Å². The lowest BCUT2D eigenvalue weighted by molar-refractivity contribution is -0.144. The minimum Gasteiger partial charge on any atom is -0.469 e. The lowest BCUT2D eigenvalue weighted by atomic mass is 10.1. The molecule has 1 fully saturated rings. The molecule has 0 heterocycles. The summed E-state index contributed by atoms with van der Waals surface area (Å²) in [5.74, 6) is 0.829. The third kappa shape index (κ3) is 3.58. The van der Waals surface area contributed by atoms with E-state index in [9.17, 15) is 9.00 Å². The van der Waals surface area contributed by atoms with Crippen LogP contribution >= 0.6 is 0 Å². The van der Waals surface area contributed by atoms with E-state index >= 15 is 0 Å². The van der Waals surface area contributed by atoms with Crippen molar-refractivity contribution < 1.29 is 13.7 Å². The van der Waals surface area contributed by atoms with E-state index in [1.165, 1.54) is 32.8 Å². The van der Waals surface area contributed by atoms with Crippen molar-refractivity contribution in [2.45, 2.75) is 44.8 Å². The van der Waals surface area contributed by atoms with Crippen LogP contribution in [0.5, 0.6) is 0 Å². The maximum Gasteiger partial charge on any atom is 0.309 e. The first-order valence-electron chi connectivity index (χ1n) is 6.01. The molecule has 0 amide bonds. The van der Waals surface area contributed by atoms with E-state index in [1.54, 1.807) is 6.92 Å². The molecule has 3 nitrogen and oxygen atoms in total. The summed E-state index contributed by atoms with van der Waals surface area (Å²) in [6.07, 6.45) is 4.93. The van der Waals surface area contributed by atoms with Crippen molar-refractivity contribution in [1.29, 1.82) is 0 Å². The van der Waals surface area contributed by atoms with Gasteiger partial charge < -0.3 is 4.74 Å². The van der Waals surface area contributed by atoms with E-state index in [4.69, 9.17) is 0 Å². The Balaban J connectivity index is 2.42. The summed E-state index contributed by atoms with van der Waals surface area (Å²) < 4.78 is 16.7. The van der Waals surface area contributed by atoms with Gasteiger partial charge in [-0.3, -0.25) is 9.00 Å². The minimum atomic E-state index is -0.908. The third-order valence-electron chi connectivity index (χ3n) is 3.57. The van der Waals surface area contributed by atoms with Crippen LogP contribution in [0, 0.1) is 11.8 Å². The molecule has 1 rings (SSSR count). The van der Waals surface area contributed by atoms with Gasteiger partial charge in [0.25, 0.3) is 0 Å². The first-order chi connectivity index (χ1) is 7.56. The second-order valence-corrected chi connectivity index (χ2v) is 6.55. The summed E-state index contributed by atoms with van der Waals surface area (Å²) in [6.45, 7) is 3.68. The largest absolute Gasteiger partial charge is 0.469 e. The number of hydrogen-bond acceptors (Lipinski definition) is 3. The fraction of sp³-hybridized carbons (Fsp3) is 0.917. The molecule has 0 radical (unpaired) electrons. The van der Waals surface area contributed by atoms with Crippen LogP contribution in [-0.4, -0.2) is 28.3 Å². The van der Waals surface area contributed by atoms with Gasteiger partial charge in [-0.2, -0.15) is 0 Å². The van der Waals surface area contributed by atoms with Gasteiger partial charge in [0, 0.05) is 21.8 Å². The molecule has 0 aromatic carbocycles. The Kier molecular flexibility index (Phi) is 5.46. The standard InChI is InChI=1S/C12H22O3S/c1-9(12(13)15-3)10(2)16(14)8-11-6-4-5-7-11/h9-11H,4-8H2,1-3H3. The Morgan fingerprint density at radius 2 is 1.94 bits per heavy atom. The van der Waals surface area contributed by atoms with E-state index < -0.39 is 10.8 Å². The molecule has 1 aliphatic carbocycles. The molecule has 0 saturated heterocycles. The summed E-state index contributed by atoms with van der Waals surface area (Å²) in [5, 5.41) is -0.104. The van der Waals surface area contributed by atoms with Gasteiger partial charge in [-0.05, 0) is 25.7 Å². The molecule has 1 saturated carbocycles. The van der Waals surface area contributed by atoms with Crippen molar-refractivity contribution in [1.82, 2.24) is 0 Å². The zero-order valence-electron chi connectivity index (χ0n) is 10.4. The molecule has 0 aromatic rings. The van der Waals surface area contributed by atoms with E-state index in [0.29, 0.717) is 5.92 Å². The van der Waals surface area contributed by atoms with Crippen LogP contribution in [-0.2, 0) is 20.3 Å². The normalized spacial score (nSPS) is 22.7. The van der Waals surface area contributed by atoms with Crippen molar-refractivity contribution in [2.75, 3.05) is 12.9 Å². The molecule has 0 N–H and O–H groups in total. The van der Waals surface area contributed by atoms with Crippen LogP contribution in [0.15, 0.2) is 0 Å². The number of hydrogen-bond donors (Lipinski definition) is 0. The van der Waals surface area contributed by atoms with Crippen LogP contribution in [0.4, 0.5) is 0 Å². The maximum atomic E-state index is 12.1. The fourth-order valence-electron chi connectivity index (χ4n) is 2.17. The topological polar surface area (TPSA) is 43.4 Å². The van der Waals surface area contributed by atoms with Crippen LogP contribution in [0.25, 0.3) is 0 Å². The first-order valence-corrected chi connectivity index (χ1v) is 7.39. The third-order valence-corrected chi connectivity index (χ3v) is 5.60. The molecular weight excluding hydrogens is 224 g/mol.